The van der Waals surface area contributed by atoms with E-state index >= 15 is 0 Å². The number of phosphoric ester groups is 1. The number of rotatable bonds is 34. The van der Waals surface area contributed by atoms with Gasteiger partial charge in [-0.25, -0.2) is 4.57 Å². The Hall–Kier alpha value is -2.33. The third-order valence-corrected chi connectivity index (χ3v) is 8.48. The highest BCUT2D eigenvalue weighted by Crippen LogP contribution is 2.43. The maximum absolute atomic E-state index is 12.5. The van der Waals surface area contributed by atoms with E-state index in [1.807, 2.05) is 42.5 Å². The molecule has 0 aliphatic heterocycles. The Labute approximate surface area is 302 Å². The lowest BCUT2D eigenvalue weighted by molar-refractivity contribution is -0.161. The zero-order chi connectivity index (χ0) is 37.0. The zero-order valence-corrected chi connectivity index (χ0v) is 31.9. The van der Waals surface area contributed by atoms with E-state index in [2.05, 4.69) is 26.0 Å². The maximum Gasteiger partial charge on any atom is 0.472 e. The molecule has 2 unspecified atom stereocenters. The van der Waals surface area contributed by atoms with Crippen molar-refractivity contribution in [2.75, 3.05) is 26.4 Å². The lowest BCUT2D eigenvalue weighted by Crippen LogP contribution is -2.29. The fourth-order valence-electron chi connectivity index (χ4n) is 4.69. The molecule has 0 aliphatic rings. The van der Waals surface area contributed by atoms with Crippen LogP contribution >= 0.6 is 7.82 Å². The van der Waals surface area contributed by atoms with E-state index in [0.717, 1.165) is 38.5 Å². The third kappa shape index (κ3) is 34.1. The van der Waals surface area contributed by atoms with Crippen LogP contribution in [0.15, 0.2) is 60.8 Å². The summed E-state index contributed by atoms with van der Waals surface area (Å²) in [6, 6.07) is 0. The highest BCUT2D eigenvalue weighted by Gasteiger charge is 2.25. The van der Waals surface area contributed by atoms with Gasteiger partial charge in [-0.15, -0.1) is 0 Å². The summed E-state index contributed by atoms with van der Waals surface area (Å²) in [5.41, 5.74) is 5.32. The van der Waals surface area contributed by atoms with Crippen LogP contribution in [0, 0.1) is 0 Å². The molecule has 0 amide bonds. The summed E-state index contributed by atoms with van der Waals surface area (Å²) >= 11 is 0. The molecule has 0 bridgehead atoms. The molecule has 0 radical (unpaired) electrons. The molecule has 0 fully saturated rings. The van der Waals surface area contributed by atoms with Gasteiger partial charge in [-0.05, 0) is 44.9 Å². The number of allylic oxidation sites excluding steroid dienone is 8. The molecular weight excluding hydrogens is 657 g/mol. The number of aliphatic hydroxyl groups excluding tert-OH is 1. The first kappa shape index (κ1) is 47.7. The van der Waals surface area contributed by atoms with Crippen molar-refractivity contribution in [2.45, 2.75) is 148 Å². The summed E-state index contributed by atoms with van der Waals surface area (Å²) in [5.74, 6) is -0.942. The molecule has 4 N–H and O–H groups in total. The van der Waals surface area contributed by atoms with Gasteiger partial charge in [0, 0.05) is 19.4 Å². The Bertz CT molecular complexity index is 1030. The van der Waals surface area contributed by atoms with Crippen LogP contribution in [-0.4, -0.2) is 60.5 Å². The van der Waals surface area contributed by atoms with Gasteiger partial charge in [-0.1, -0.05) is 139 Å². The minimum absolute atomic E-state index is 0.0350. The van der Waals surface area contributed by atoms with Crippen molar-refractivity contribution in [2.24, 2.45) is 5.73 Å². The van der Waals surface area contributed by atoms with Crippen molar-refractivity contribution in [3.63, 3.8) is 0 Å². The maximum atomic E-state index is 12.5. The molecule has 0 aromatic carbocycles. The van der Waals surface area contributed by atoms with Crippen LogP contribution in [0.4, 0.5) is 0 Å². The number of nitrogens with two attached hydrogens (primary N) is 1. The van der Waals surface area contributed by atoms with Gasteiger partial charge >= 0.3 is 19.8 Å². The number of hydrogen-bond donors (Lipinski definition) is 3. The van der Waals surface area contributed by atoms with E-state index in [9.17, 15) is 24.2 Å². The number of carbonyl (C=O) groups excluding carboxylic acids is 2. The van der Waals surface area contributed by atoms with Gasteiger partial charge in [-0.3, -0.25) is 18.6 Å². The van der Waals surface area contributed by atoms with Crippen molar-refractivity contribution >= 4 is 19.8 Å². The van der Waals surface area contributed by atoms with Crippen molar-refractivity contribution in [1.82, 2.24) is 0 Å². The van der Waals surface area contributed by atoms with Crippen molar-refractivity contribution in [3.8, 4) is 0 Å². The van der Waals surface area contributed by atoms with Crippen molar-refractivity contribution < 1.29 is 42.7 Å². The van der Waals surface area contributed by atoms with Gasteiger partial charge in [-0.2, -0.15) is 0 Å². The quantitative estimate of drug-likeness (QED) is 0.0192. The summed E-state index contributed by atoms with van der Waals surface area (Å²) in [4.78, 5) is 34.6. The molecule has 0 aromatic rings. The Morgan fingerprint density at radius 2 is 1.34 bits per heavy atom. The lowest BCUT2D eigenvalue weighted by Gasteiger charge is -2.19. The molecule has 288 valence electrons. The summed E-state index contributed by atoms with van der Waals surface area (Å²) in [5, 5.41) is 9.98. The van der Waals surface area contributed by atoms with E-state index in [-0.39, 0.29) is 32.6 Å². The Balaban J connectivity index is 4.40. The molecule has 0 aromatic heterocycles. The Morgan fingerprint density at radius 1 is 0.720 bits per heavy atom. The molecular formula is C39H68NO9P. The molecule has 0 rings (SSSR count). The molecule has 0 saturated carbocycles. The smallest absolute Gasteiger partial charge is 0.462 e. The summed E-state index contributed by atoms with van der Waals surface area (Å²) < 4.78 is 32.5. The Morgan fingerprint density at radius 3 is 2.02 bits per heavy atom. The van der Waals surface area contributed by atoms with Gasteiger partial charge in [0.2, 0.25) is 0 Å². The average molecular weight is 726 g/mol. The van der Waals surface area contributed by atoms with Gasteiger partial charge in [0.25, 0.3) is 0 Å². The van der Waals surface area contributed by atoms with Crippen LogP contribution in [0.3, 0.4) is 0 Å². The van der Waals surface area contributed by atoms with E-state index in [1.165, 1.54) is 44.9 Å². The van der Waals surface area contributed by atoms with Crippen LogP contribution in [0.5, 0.6) is 0 Å². The first-order valence-electron chi connectivity index (χ1n) is 18.9. The van der Waals surface area contributed by atoms with Crippen LogP contribution in [0.25, 0.3) is 0 Å². The topological polar surface area (TPSA) is 155 Å². The number of ether oxygens (including phenoxy) is 2. The van der Waals surface area contributed by atoms with Crippen molar-refractivity contribution in [1.29, 1.82) is 0 Å². The average Bonchev–Trinajstić information content (AvgIpc) is 3.09. The van der Waals surface area contributed by atoms with Gasteiger partial charge < -0.3 is 25.2 Å². The number of aliphatic hydroxyl groups is 1. The molecule has 3 atom stereocenters. The first-order chi connectivity index (χ1) is 24.2. The lowest BCUT2D eigenvalue weighted by atomic mass is 10.1. The monoisotopic (exact) mass is 725 g/mol. The fourth-order valence-corrected chi connectivity index (χ4v) is 5.46. The second-order valence-corrected chi connectivity index (χ2v) is 13.7. The molecule has 0 spiro atoms. The fraction of sp³-hybridized carbons (Fsp3) is 0.692. The largest absolute Gasteiger partial charge is 0.472 e. The standard InChI is InChI=1S/C39H68NO9P/c1-3-5-7-9-11-12-13-14-19-23-27-31-39(43)49-37(35-48-50(44,45)47-33-32-40)34-46-38(42)30-26-22-18-16-15-17-21-25-29-36(41)28-24-20-10-8-6-4-2/h6,8,16-18,20-21,24-25,29,36-37,41H,3-5,7,9-15,19,22-23,26-28,30-35,40H2,1-2H3,(H,44,45)/b8-6-,18-16-,21-17-,24-20-,29-25+/t36?,37-/m1/s1. The van der Waals surface area contributed by atoms with E-state index < -0.39 is 38.6 Å². The zero-order valence-electron chi connectivity index (χ0n) is 31.0. The number of hydrogen-bond acceptors (Lipinski definition) is 9. The van der Waals surface area contributed by atoms with E-state index in [1.54, 1.807) is 6.08 Å². The van der Waals surface area contributed by atoms with E-state index in [0.29, 0.717) is 25.7 Å². The normalized spacial score (nSPS) is 14.7. The third-order valence-electron chi connectivity index (χ3n) is 7.50. The van der Waals surface area contributed by atoms with Gasteiger partial charge in [0.15, 0.2) is 6.10 Å². The summed E-state index contributed by atoms with van der Waals surface area (Å²) in [6.07, 6.45) is 35.8. The van der Waals surface area contributed by atoms with Crippen LogP contribution in [-0.2, 0) is 32.7 Å². The van der Waals surface area contributed by atoms with Crippen LogP contribution in [0.1, 0.15) is 136 Å². The minimum atomic E-state index is -4.40. The number of unbranched alkanes of at least 4 members (excludes halogenated alkanes) is 11. The molecule has 0 heterocycles. The summed E-state index contributed by atoms with van der Waals surface area (Å²) in [7, 11) is -4.40. The van der Waals surface area contributed by atoms with E-state index in [4.69, 9.17) is 24.3 Å². The van der Waals surface area contributed by atoms with Crippen molar-refractivity contribution in [3.05, 3.63) is 60.8 Å². The van der Waals surface area contributed by atoms with Gasteiger partial charge in [0.05, 0.1) is 19.3 Å². The second kappa shape index (κ2) is 35.1. The Kier molecular flexibility index (Phi) is 33.5. The molecule has 0 saturated heterocycles. The predicted octanol–water partition coefficient (Wildman–Crippen LogP) is 9.13. The molecule has 50 heavy (non-hydrogen) atoms. The first-order valence-corrected chi connectivity index (χ1v) is 20.4. The number of esters is 2. The number of carbonyl (C=O) groups is 2. The SMILES string of the molecule is CC/C=C\C/C=C\CC(O)/C=C/C=C\C/C=C\CCCC(=O)OC[C@H](COP(=O)(O)OCCN)OC(=O)CCCCCCCCCCCCC. The molecule has 10 nitrogen and oxygen atoms in total. The molecule has 11 heteroatoms. The predicted molar refractivity (Wildman–Crippen MR) is 202 cm³/mol. The second-order valence-electron chi connectivity index (χ2n) is 12.3. The molecule has 0 aliphatic carbocycles. The van der Waals surface area contributed by atoms with Crippen LogP contribution in [0.2, 0.25) is 0 Å². The highest BCUT2D eigenvalue weighted by atomic mass is 31.2. The van der Waals surface area contributed by atoms with Gasteiger partial charge in [0.1, 0.15) is 6.61 Å². The van der Waals surface area contributed by atoms with Crippen LogP contribution < -0.4 is 5.73 Å². The number of phosphoric acid groups is 1. The minimum Gasteiger partial charge on any atom is -0.462 e. The summed E-state index contributed by atoms with van der Waals surface area (Å²) in [6.45, 7) is 3.42. The highest BCUT2D eigenvalue weighted by molar-refractivity contribution is 7.47.